The van der Waals surface area contributed by atoms with Gasteiger partial charge in [-0.05, 0) is 30.9 Å². The Balaban J connectivity index is 1.49. The standard InChI is InChI=1S/C22H29N3O3/c1-2-5-15-8-10-16(11-9-15)21-18-12-24(13-20(27)25(18)19(21)14-26)22(28)23-17-6-3-4-7-17/h2,5,8-11,17-19,21,26H,3-4,6-7,12-14H2,1H3,(H,23,28)/b5-2+/t18-,19+,21-/m0/s1. The number of hydrogen-bond acceptors (Lipinski definition) is 3. The number of benzene rings is 1. The fourth-order valence-corrected chi connectivity index (χ4v) is 5.01. The summed E-state index contributed by atoms with van der Waals surface area (Å²) in [6, 6.07) is 8.09. The Morgan fingerprint density at radius 2 is 1.96 bits per heavy atom. The van der Waals surface area contributed by atoms with E-state index in [0.717, 1.165) is 36.8 Å². The molecule has 0 unspecified atom stereocenters. The summed E-state index contributed by atoms with van der Waals surface area (Å²) >= 11 is 0. The lowest BCUT2D eigenvalue weighted by molar-refractivity contribution is -0.159. The lowest BCUT2D eigenvalue weighted by Gasteiger charge is -2.58. The largest absolute Gasteiger partial charge is 0.394 e. The summed E-state index contributed by atoms with van der Waals surface area (Å²) in [6.45, 7) is 2.54. The van der Waals surface area contributed by atoms with E-state index in [1.165, 1.54) is 0 Å². The smallest absolute Gasteiger partial charge is 0.318 e. The van der Waals surface area contributed by atoms with Gasteiger partial charge in [0.1, 0.15) is 6.54 Å². The third kappa shape index (κ3) is 3.41. The van der Waals surface area contributed by atoms with Crippen molar-refractivity contribution in [3.63, 3.8) is 0 Å². The summed E-state index contributed by atoms with van der Waals surface area (Å²) in [6.07, 6.45) is 8.40. The summed E-state index contributed by atoms with van der Waals surface area (Å²) < 4.78 is 0. The Morgan fingerprint density at radius 1 is 1.25 bits per heavy atom. The zero-order chi connectivity index (χ0) is 19.7. The molecule has 0 radical (unpaired) electrons. The SMILES string of the molecule is C/C=C/c1ccc([C@@H]2[C@@H](CO)N3C(=O)CN(C(=O)NC4CCCC4)C[C@@H]23)cc1. The Hall–Kier alpha value is -2.34. The summed E-state index contributed by atoms with van der Waals surface area (Å²) in [5.41, 5.74) is 2.24. The molecule has 2 aliphatic heterocycles. The zero-order valence-electron chi connectivity index (χ0n) is 16.4. The van der Waals surface area contributed by atoms with E-state index < -0.39 is 0 Å². The van der Waals surface area contributed by atoms with Gasteiger partial charge in [-0.3, -0.25) is 4.79 Å². The first-order chi connectivity index (χ1) is 13.6. The molecule has 0 spiro atoms. The third-order valence-corrected chi connectivity index (χ3v) is 6.40. The van der Waals surface area contributed by atoms with E-state index in [1.54, 1.807) is 9.80 Å². The van der Waals surface area contributed by atoms with Crippen molar-refractivity contribution < 1.29 is 14.7 Å². The fourth-order valence-electron chi connectivity index (χ4n) is 5.01. The summed E-state index contributed by atoms with van der Waals surface area (Å²) in [5, 5.41) is 13.0. The van der Waals surface area contributed by atoms with Crippen LogP contribution in [0.5, 0.6) is 0 Å². The maximum absolute atomic E-state index is 12.7. The first kappa shape index (κ1) is 19.0. The Kier molecular flexibility index (Phi) is 5.40. The van der Waals surface area contributed by atoms with E-state index in [0.29, 0.717) is 6.54 Å². The second-order valence-corrected chi connectivity index (χ2v) is 8.12. The zero-order valence-corrected chi connectivity index (χ0v) is 16.4. The highest BCUT2D eigenvalue weighted by Gasteiger charge is 2.54. The molecule has 150 valence electrons. The second-order valence-electron chi connectivity index (χ2n) is 8.12. The molecule has 2 heterocycles. The van der Waals surface area contributed by atoms with Gasteiger partial charge >= 0.3 is 6.03 Å². The predicted octanol–water partition coefficient (Wildman–Crippen LogP) is 2.34. The van der Waals surface area contributed by atoms with Gasteiger partial charge in [0.05, 0.1) is 18.7 Å². The van der Waals surface area contributed by atoms with Crippen LogP contribution in [0.15, 0.2) is 30.3 Å². The number of urea groups is 1. The van der Waals surface area contributed by atoms with Crippen LogP contribution in [0.4, 0.5) is 4.79 Å². The van der Waals surface area contributed by atoms with Gasteiger partial charge in [-0.15, -0.1) is 0 Å². The lowest BCUT2D eigenvalue weighted by Crippen LogP contribution is -2.74. The first-order valence-electron chi connectivity index (χ1n) is 10.3. The number of hydrogen-bond donors (Lipinski definition) is 2. The molecule has 3 fully saturated rings. The highest BCUT2D eigenvalue weighted by molar-refractivity contribution is 5.87. The summed E-state index contributed by atoms with van der Waals surface area (Å²) in [4.78, 5) is 28.8. The van der Waals surface area contributed by atoms with Crippen LogP contribution in [0, 0.1) is 0 Å². The monoisotopic (exact) mass is 383 g/mol. The number of piperazine rings is 1. The molecule has 28 heavy (non-hydrogen) atoms. The van der Waals surface area contributed by atoms with Crippen LogP contribution in [0.3, 0.4) is 0 Å². The maximum atomic E-state index is 12.7. The predicted molar refractivity (Wildman–Crippen MR) is 108 cm³/mol. The molecule has 0 aromatic heterocycles. The quantitative estimate of drug-likeness (QED) is 0.838. The summed E-state index contributed by atoms with van der Waals surface area (Å²) in [5.74, 6) is -0.0191. The van der Waals surface area contributed by atoms with Crippen molar-refractivity contribution in [1.82, 2.24) is 15.1 Å². The van der Waals surface area contributed by atoms with Crippen LogP contribution >= 0.6 is 0 Å². The molecule has 2 saturated heterocycles. The average molecular weight is 383 g/mol. The van der Waals surface area contributed by atoms with E-state index in [4.69, 9.17) is 0 Å². The Morgan fingerprint density at radius 3 is 2.61 bits per heavy atom. The molecule has 1 saturated carbocycles. The van der Waals surface area contributed by atoms with Gasteiger partial charge in [0, 0.05) is 18.5 Å². The van der Waals surface area contributed by atoms with Crippen molar-refractivity contribution in [3.05, 3.63) is 41.5 Å². The molecule has 3 aliphatic rings. The van der Waals surface area contributed by atoms with E-state index in [-0.39, 0.29) is 49.1 Å². The Labute approximate surface area is 166 Å². The molecule has 3 amide bonds. The maximum Gasteiger partial charge on any atom is 0.318 e. The lowest BCUT2D eigenvalue weighted by atomic mass is 9.73. The van der Waals surface area contributed by atoms with Crippen molar-refractivity contribution in [2.24, 2.45) is 0 Å². The van der Waals surface area contributed by atoms with Crippen LogP contribution in [-0.2, 0) is 4.79 Å². The van der Waals surface area contributed by atoms with Gasteiger partial charge in [0.15, 0.2) is 0 Å². The molecule has 1 aliphatic carbocycles. The van der Waals surface area contributed by atoms with Gasteiger partial charge in [0.2, 0.25) is 5.91 Å². The molecule has 1 aromatic rings. The number of nitrogens with one attached hydrogen (secondary N) is 1. The van der Waals surface area contributed by atoms with Crippen molar-refractivity contribution in [1.29, 1.82) is 0 Å². The van der Waals surface area contributed by atoms with E-state index in [2.05, 4.69) is 29.6 Å². The van der Waals surface area contributed by atoms with Crippen molar-refractivity contribution in [3.8, 4) is 0 Å². The number of carbonyl (C=O) groups excluding carboxylic acids is 2. The van der Waals surface area contributed by atoms with Gasteiger partial charge in [0.25, 0.3) is 0 Å². The highest BCUT2D eigenvalue weighted by atomic mass is 16.3. The van der Waals surface area contributed by atoms with E-state index >= 15 is 0 Å². The van der Waals surface area contributed by atoms with Gasteiger partial charge < -0.3 is 20.2 Å². The molecule has 6 heteroatoms. The van der Waals surface area contributed by atoms with Crippen molar-refractivity contribution >= 4 is 18.0 Å². The summed E-state index contributed by atoms with van der Waals surface area (Å²) in [7, 11) is 0. The minimum Gasteiger partial charge on any atom is -0.394 e. The second kappa shape index (κ2) is 7.95. The number of allylic oxidation sites excluding steroid dienone is 1. The van der Waals surface area contributed by atoms with Gasteiger partial charge in [-0.2, -0.15) is 0 Å². The molecular formula is C22H29N3O3. The number of fused-ring (bicyclic) bond motifs is 1. The average Bonchev–Trinajstić information content (AvgIpc) is 3.18. The van der Waals surface area contributed by atoms with Crippen LogP contribution in [0.25, 0.3) is 6.08 Å². The van der Waals surface area contributed by atoms with Gasteiger partial charge in [-0.1, -0.05) is 49.3 Å². The highest BCUT2D eigenvalue weighted by Crippen LogP contribution is 2.43. The molecule has 2 N–H and O–H groups in total. The van der Waals surface area contributed by atoms with Gasteiger partial charge in [-0.25, -0.2) is 4.79 Å². The molecule has 6 nitrogen and oxygen atoms in total. The van der Waals surface area contributed by atoms with E-state index in [1.807, 2.05) is 19.1 Å². The van der Waals surface area contributed by atoms with Crippen molar-refractivity contribution in [2.45, 2.75) is 56.7 Å². The topological polar surface area (TPSA) is 72.9 Å². The minimum absolute atomic E-state index is 0.0516. The number of amides is 3. The number of carbonyl (C=O) groups is 2. The fraction of sp³-hybridized carbons (Fsp3) is 0.545. The number of nitrogens with zero attached hydrogens (tertiary/aromatic N) is 2. The van der Waals surface area contributed by atoms with Crippen LogP contribution in [0.2, 0.25) is 0 Å². The first-order valence-corrected chi connectivity index (χ1v) is 10.3. The number of rotatable bonds is 4. The molecular weight excluding hydrogens is 354 g/mol. The number of aliphatic hydroxyl groups is 1. The molecule has 4 rings (SSSR count). The minimum atomic E-state index is -0.204. The number of aliphatic hydroxyl groups excluding tert-OH is 1. The van der Waals surface area contributed by atoms with Crippen LogP contribution in [0.1, 0.15) is 49.7 Å². The molecule has 3 atom stereocenters. The normalized spacial score (nSPS) is 27.8. The van der Waals surface area contributed by atoms with Crippen molar-refractivity contribution in [2.75, 3.05) is 19.7 Å². The third-order valence-electron chi connectivity index (χ3n) is 6.40. The van der Waals surface area contributed by atoms with Crippen LogP contribution < -0.4 is 5.32 Å². The Bertz CT molecular complexity index is 755. The molecule has 1 aromatic carbocycles. The van der Waals surface area contributed by atoms with Crippen LogP contribution in [-0.4, -0.2) is 64.7 Å². The molecule has 0 bridgehead atoms. The van der Waals surface area contributed by atoms with E-state index in [9.17, 15) is 14.7 Å².